The fraction of sp³-hybridized carbons (Fsp3) is 0.643. The summed E-state index contributed by atoms with van der Waals surface area (Å²) in [6, 6.07) is 2.66. The molecule has 0 amide bonds. The van der Waals surface area contributed by atoms with Gasteiger partial charge in [-0.2, -0.15) is 10.2 Å². The smallest absolute Gasteiger partial charge is 0.141 e. The second-order valence-corrected chi connectivity index (χ2v) is 5.13. The van der Waals surface area contributed by atoms with Gasteiger partial charge in [0.05, 0.1) is 11.7 Å². The molecule has 20 heavy (non-hydrogen) atoms. The molecule has 6 nitrogen and oxygen atoms in total. The summed E-state index contributed by atoms with van der Waals surface area (Å²) in [5.74, 6) is 0.872. The zero-order valence-corrected chi connectivity index (χ0v) is 12.5. The van der Waals surface area contributed by atoms with E-state index in [4.69, 9.17) is 0 Å². The Hall–Kier alpha value is -1.69. The molecule has 2 aromatic rings. The van der Waals surface area contributed by atoms with Crippen LogP contribution in [0.3, 0.4) is 0 Å². The van der Waals surface area contributed by atoms with Crippen molar-refractivity contribution in [3.05, 3.63) is 30.1 Å². The van der Waals surface area contributed by atoms with Gasteiger partial charge < -0.3 is 5.32 Å². The fourth-order valence-corrected chi connectivity index (χ4v) is 2.09. The fourth-order valence-electron chi connectivity index (χ4n) is 2.09. The topological polar surface area (TPSA) is 71.4 Å². The standard InChI is InChI=1S/C14H24N6/c1-4-7-15-13(14-16-10-17-18-14)9-12-6-8-20(19-12)11(3)5-2/h6,8,10-11,13,15H,4-5,7,9H2,1-3H3,(H,16,17,18). The Labute approximate surface area is 120 Å². The van der Waals surface area contributed by atoms with E-state index in [1.54, 1.807) is 6.33 Å². The summed E-state index contributed by atoms with van der Waals surface area (Å²) in [5, 5.41) is 15.0. The number of nitrogens with one attached hydrogen (secondary N) is 2. The predicted molar refractivity (Wildman–Crippen MR) is 78.4 cm³/mol. The van der Waals surface area contributed by atoms with Crippen LogP contribution in [0.5, 0.6) is 0 Å². The summed E-state index contributed by atoms with van der Waals surface area (Å²) in [5.41, 5.74) is 1.08. The lowest BCUT2D eigenvalue weighted by Crippen LogP contribution is -2.25. The van der Waals surface area contributed by atoms with Gasteiger partial charge in [0, 0.05) is 18.7 Å². The molecule has 0 bridgehead atoms. The van der Waals surface area contributed by atoms with E-state index in [0.717, 1.165) is 37.3 Å². The molecule has 2 heterocycles. The van der Waals surface area contributed by atoms with Crippen LogP contribution in [0.4, 0.5) is 0 Å². The van der Waals surface area contributed by atoms with Crippen molar-refractivity contribution in [2.75, 3.05) is 6.54 Å². The zero-order chi connectivity index (χ0) is 14.4. The largest absolute Gasteiger partial charge is 0.307 e. The first-order valence-electron chi connectivity index (χ1n) is 7.37. The summed E-state index contributed by atoms with van der Waals surface area (Å²) in [6.07, 6.45) is 6.60. The van der Waals surface area contributed by atoms with E-state index in [-0.39, 0.29) is 6.04 Å². The van der Waals surface area contributed by atoms with Gasteiger partial charge in [-0.3, -0.25) is 9.78 Å². The van der Waals surface area contributed by atoms with Crippen molar-refractivity contribution in [2.24, 2.45) is 0 Å². The number of H-pyrrole nitrogens is 1. The SMILES string of the molecule is CCCNC(Cc1ccn(C(C)CC)n1)c1ncn[nH]1. The van der Waals surface area contributed by atoms with Crippen LogP contribution in [-0.2, 0) is 6.42 Å². The lowest BCUT2D eigenvalue weighted by Gasteiger charge is -2.14. The molecular weight excluding hydrogens is 252 g/mol. The third-order valence-electron chi connectivity index (χ3n) is 3.52. The van der Waals surface area contributed by atoms with Crippen LogP contribution < -0.4 is 5.32 Å². The van der Waals surface area contributed by atoms with E-state index in [9.17, 15) is 0 Å². The number of aromatic nitrogens is 5. The maximum atomic E-state index is 4.65. The number of rotatable bonds is 8. The second-order valence-electron chi connectivity index (χ2n) is 5.13. The Morgan fingerprint density at radius 3 is 2.90 bits per heavy atom. The molecule has 0 aliphatic rings. The first-order valence-corrected chi connectivity index (χ1v) is 7.37. The Morgan fingerprint density at radius 1 is 1.40 bits per heavy atom. The van der Waals surface area contributed by atoms with E-state index < -0.39 is 0 Å². The highest BCUT2D eigenvalue weighted by Gasteiger charge is 2.16. The predicted octanol–water partition coefficient (Wildman–Crippen LogP) is 2.26. The Morgan fingerprint density at radius 2 is 2.25 bits per heavy atom. The first kappa shape index (κ1) is 14.7. The van der Waals surface area contributed by atoms with Crippen LogP contribution in [0, 0.1) is 0 Å². The van der Waals surface area contributed by atoms with Gasteiger partial charge in [-0.1, -0.05) is 13.8 Å². The van der Waals surface area contributed by atoms with Crippen molar-refractivity contribution in [1.82, 2.24) is 30.3 Å². The van der Waals surface area contributed by atoms with Crippen LogP contribution in [0.1, 0.15) is 57.2 Å². The van der Waals surface area contributed by atoms with E-state index in [1.807, 2.05) is 4.68 Å². The van der Waals surface area contributed by atoms with Gasteiger partial charge in [-0.15, -0.1) is 0 Å². The summed E-state index contributed by atoms with van der Waals surface area (Å²) in [6.45, 7) is 7.46. The Balaban J connectivity index is 2.05. The van der Waals surface area contributed by atoms with Gasteiger partial charge in [-0.05, 0) is 32.4 Å². The summed E-state index contributed by atoms with van der Waals surface area (Å²) >= 11 is 0. The van der Waals surface area contributed by atoms with Crippen LogP contribution in [-0.4, -0.2) is 31.5 Å². The zero-order valence-electron chi connectivity index (χ0n) is 12.5. The summed E-state index contributed by atoms with van der Waals surface area (Å²) < 4.78 is 2.03. The van der Waals surface area contributed by atoms with E-state index in [0.29, 0.717) is 6.04 Å². The van der Waals surface area contributed by atoms with E-state index >= 15 is 0 Å². The molecule has 0 spiro atoms. The minimum absolute atomic E-state index is 0.137. The van der Waals surface area contributed by atoms with Gasteiger partial charge in [0.25, 0.3) is 0 Å². The number of nitrogens with zero attached hydrogens (tertiary/aromatic N) is 4. The number of aromatic amines is 1. The monoisotopic (exact) mass is 276 g/mol. The highest BCUT2D eigenvalue weighted by Crippen LogP contribution is 2.15. The number of hydrogen-bond donors (Lipinski definition) is 2. The molecule has 0 aliphatic carbocycles. The molecule has 0 saturated carbocycles. The molecule has 0 saturated heterocycles. The van der Waals surface area contributed by atoms with Gasteiger partial charge in [0.1, 0.15) is 12.2 Å². The first-order chi connectivity index (χ1) is 9.74. The van der Waals surface area contributed by atoms with Gasteiger partial charge >= 0.3 is 0 Å². The molecule has 0 fully saturated rings. The second kappa shape index (κ2) is 7.19. The third-order valence-corrected chi connectivity index (χ3v) is 3.52. The molecule has 2 atom stereocenters. The van der Waals surface area contributed by atoms with E-state index in [2.05, 4.69) is 58.6 Å². The van der Waals surface area contributed by atoms with Crippen LogP contribution >= 0.6 is 0 Å². The summed E-state index contributed by atoms with van der Waals surface area (Å²) in [7, 11) is 0. The Bertz CT molecular complexity index is 489. The molecule has 0 radical (unpaired) electrons. The van der Waals surface area contributed by atoms with Crippen molar-refractivity contribution in [1.29, 1.82) is 0 Å². The molecule has 2 rings (SSSR count). The van der Waals surface area contributed by atoms with Crippen LogP contribution in [0.15, 0.2) is 18.6 Å². The molecule has 2 N–H and O–H groups in total. The van der Waals surface area contributed by atoms with E-state index in [1.165, 1.54) is 0 Å². The minimum atomic E-state index is 0.137. The lowest BCUT2D eigenvalue weighted by atomic mass is 10.1. The molecule has 2 aromatic heterocycles. The van der Waals surface area contributed by atoms with Gasteiger partial charge in [-0.25, -0.2) is 4.98 Å². The maximum absolute atomic E-state index is 4.65. The normalized spacial score (nSPS) is 14.3. The number of hydrogen-bond acceptors (Lipinski definition) is 4. The lowest BCUT2D eigenvalue weighted by molar-refractivity contribution is 0.461. The van der Waals surface area contributed by atoms with Gasteiger partial charge in [0.15, 0.2) is 0 Å². The van der Waals surface area contributed by atoms with Crippen molar-refractivity contribution >= 4 is 0 Å². The quantitative estimate of drug-likeness (QED) is 0.775. The molecular formula is C14H24N6. The molecule has 6 heteroatoms. The highest BCUT2D eigenvalue weighted by molar-refractivity contribution is 5.06. The third kappa shape index (κ3) is 3.66. The average Bonchev–Trinajstić information content (AvgIpc) is 3.13. The molecule has 0 aromatic carbocycles. The molecule has 0 aliphatic heterocycles. The van der Waals surface area contributed by atoms with Gasteiger partial charge in [0.2, 0.25) is 0 Å². The minimum Gasteiger partial charge on any atom is -0.307 e. The van der Waals surface area contributed by atoms with Crippen molar-refractivity contribution in [2.45, 2.75) is 52.1 Å². The molecule has 110 valence electrons. The van der Waals surface area contributed by atoms with Crippen molar-refractivity contribution in [3.63, 3.8) is 0 Å². The Kier molecular flexibility index (Phi) is 5.29. The molecule has 2 unspecified atom stereocenters. The van der Waals surface area contributed by atoms with Crippen molar-refractivity contribution in [3.8, 4) is 0 Å². The van der Waals surface area contributed by atoms with Crippen LogP contribution in [0.2, 0.25) is 0 Å². The maximum Gasteiger partial charge on any atom is 0.141 e. The summed E-state index contributed by atoms with van der Waals surface area (Å²) in [4.78, 5) is 4.26. The highest BCUT2D eigenvalue weighted by atomic mass is 15.3. The average molecular weight is 276 g/mol. The van der Waals surface area contributed by atoms with Crippen LogP contribution in [0.25, 0.3) is 0 Å². The van der Waals surface area contributed by atoms with Crippen molar-refractivity contribution < 1.29 is 0 Å².